The summed E-state index contributed by atoms with van der Waals surface area (Å²) in [6, 6.07) is 4.33. The highest BCUT2D eigenvalue weighted by molar-refractivity contribution is 5.52. The van der Waals surface area contributed by atoms with Crippen molar-refractivity contribution in [2.75, 3.05) is 24.6 Å². The van der Waals surface area contributed by atoms with E-state index in [-0.39, 0.29) is 18.7 Å². The van der Waals surface area contributed by atoms with Crippen LogP contribution in [-0.4, -0.2) is 24.8 Å². The zero-order valence-corrected chi connectivity index (χ0v) is 11.2. The van der Waals surface area contributed by atoms with Crippen molar-refractivity contribution in [2.24, 2.45) is 11.7 Å². The van der Waals surface area contributed by atoms with Gasteiger partial charge in [0.2, 0.25) is 0 Å². The molecule has 6 heteroatoms. The van der Waals surface area contributed by atoms with Crippen molar-refractivity contribution in [3.05, 3.63) is 29.3 Å². The van der Waals surface area contributed by atoms with Gasteiger partial charge >= 0.3 is 6.18 Å². The van der Waals surface area contributed by atoms with Crippen molar-refractivity contribution in [2.45, 2.75) is 25.6 Å². The van der Waals surface area contributed by atoms with Gasteiger partial charge in [0, 0.05) is 31.9 Å². The van der Waals surface area contributed by atoms with E-state index in [1.54, 1.807) is 6.07 Å². The van der Waals surface area contributed by atoms with E-state index in [0.29, 0.717) is 24.6 Å². The lowest BCUT2D eigenvalue weighted by Gasteiger charge is -2.21. The summed E-state index contributed by atoms with van der Waals surface area (Å²) in [5.41, 5.74) is 5.42. The Morgan fingerprint density at radius 3 is 2.70 bits per heavy atom. The molecular formula is C14H19F3N2O. The van der Waals surface area contributed by atoms with Crippen molar-refractivity contribution in [1.29, 1.82) is 0 Å². The van der Waals surface area contributed by atoms with E-state index in [0.717, 1.165) is 13.0 Å². The zero-order chi connectivity index (χ0) is 14.8. The van der Waals surface area contributed by atoms with Gasteiger partial charge in [0.1, 0.15) is 0 Å². The third-order valence-electron chi connectivity index (χ3n) is 3.81. The van der Waals surface area contributed by atoms with Crippen LogP contribution in [-0.2, 0) is 12.7 Å². The topological polar surface area (TPSA) is 49.5 Å². The molecule has 0 spiro atoms. The Kier molecular flexibility index (Phi) is 4.55. The molecule has 0 aromatic heterocycles. The number of aliphatic hydroxyl groups excluding tert-OH is 1. The first-order chi connectivity index (χ1) is 9.45. The van der Waals surface area contributed by atoms with Gasteiger partial charge in [-0.25, -0.2) is 0 Å². The van der Waals surface area contributed by atoms with Gasteiger partial charge in [-0.05, 0) is 36.5 Å². The summed E-state index contributed by atoms with van der Waals surface area (Å²) in [6.07, 6.45) is -2.78. The normalized spacial score (nSPS) is 19.6. The Morgan fingerprint density at radius 1 is 1.35 bits per heavy atom. The van der Waals surface area contributed by atoms with E-state index in [9.17, 15) is 13.2 Å². The lowest BCUT2D eigenvalue weighted by atomic mass is 10.1. The van der Waals surface area contributed by atoms with E-state index >= 15 is 0 Å². The average Bonchev–Trinajstić information content (AvgIpc) is 2.86. The minimum atomic E-state index is -4.38. The molecule has 0 saturated carbocycles. The number of anilines is 1. The van der Waals surface area contributed by atoms with Crippen LogP contribution in [0.25, 0.3) is 0 Å². The minimum absolute atomic E-state index is 0.118. The van der Waals surface area contributed by atoms with Crippen LogP contribution < -0.4 is 10.6 Å². The summed E-state index contributed by atoms with van der Waals surface area (Å²) in [4.78, 5) is 1.94. The Balaban J connectivity index is 2.22. The molecule has 2 rings (SSSR count). The van der Waals surface area contributed by atoms with Gasteiger partial charge in [-0.15, -0.1) is 0 Å². The van der Waals surface area contributed by atoms with Crippen LogP contribution in [0.4, 0.5) is 18.9 Å². The number of alkyl halides is 3. The molecule has 1 fully saturated rings. The molecule has 112 valence electrons. The fourth-order valence-electron chi connectivity index (χ4n) is 2.69. The largest absolute Gasteiger partial charge is 0.416 e. The fourth-order valence-corrected chi connectivity index (χ4v) is 2.69. The van der Waals surface area contributed by atoms with E-state index < -0.39 is 11.7 Å². The quantitative estimate of drug-likeness (QED) is 0.894. The number of aliphatic hydroxyl groups is 1. The molecule has 20 heavy (non-hydrogen) atoms. The molecule has 1 aliphatic heterocycles. The van der Waals surface area contributed by atoms with Crippen LogP contribution in [0.2, 0.25) is 0 Å². The average molecular weight is 288 g/mol. The van der Waals surface area contributed by atoms with Crippen molar-refractivity contribution in [3.63, 3.8) is 0 Å². The zero-order valence-electron chi connectivity index (χ0n) is 11.2. The van der Waals surface area contributed by atoms with Gasteiger partial charge in [0.05, 0.1) is 5.56 Å². The molecule has 0 aliphatic carbocycles. The molecule has 1 atom stereocenters. The molecule has 1 heterocycles. The molecule has 1 saturated heterocycles. The summed E-state index contributed by atoms with van der Waals surface area (Å²) < 4.78 is 39.0. The third-order valence-corrected chi connectivity index (χ3v) is 3.81. The third kappa shape index (κ3) is 3.24. The first-order valence-electron chi connectivity index (χ1n) is 6.71. The van der Waals surface area contributed by atoms with Gasteiger partial charge in [-0.3, -0.25) is 0 Å². The SMILES string of the molecule is NCc1ccc(N2CCC(CCO)C2)cc1C(F)(F)F. The molecule has 1 aliphatic rings. The maximum absolute atomic E-state index is 13.0. The van der Waals surface area contributed by atoms with Gasteiger partial charge < -0.3 is 15.7 Å². The second-order valence-corrected chi connectivity index (χ2v) is 5.16. The molecule has 1 aromatic carbocycles. The van der Waals surface area contributed by atoms with Gasteiger partial charge in [0.15, 0.2) is 0 Å². The Hall–Kier alpha value is -1.27. The van der Waals surface area contributed by atoms with E-state index in [4.69, 9.17) is 10.8 Å². The summed E-state index contributed by atoms with van der Waals surface area (Å²) in [5, 5.41) is 8.92. The molecule has 1 unspecified atom stereocenters. The van der Waals surface area contributed by atoms with Gasteiger partial charge in [-0.2, -0.15) is 13.2 Å². The number of benzene rings is 1. The molecule has 0 amide bonds. The number of hydrogen-bond acceptors (Lipinski definition) is 3. The van der Waals surface area contributed by atoms with Crippen molar-refractivity contribution in [3.8, 4) is 0 Å². The number of rotatable bonds is 4. The predicted octanol–water partition coefficient (Wildman–Crippen LogP) is 2.37. The molecule has 1 aromatic rings. The Labute approximate surface area is 116 Å². The summed E-state index contributed by atoms with van der Waals surface area (Å²) in [6.45, 7) is 1.42. The second kappa shape index (κ2) is 6.01. The summed E-state index contributed by atoms with van der Waals surface area (Å²) in [5.74, 6) is 0.350. The molecular weight excluding hydrogens is 269 g/mol. The first kappa shape index (κ1) is 15.1. The van der Waals surface area contributed by atoms with Crippen LogP contribution in [0.3, 0.4) is 0 Å². The van der Waals surface area contributed by atoms with Gasteiger partial charge in [-0.1, -0.05) is 6.07 Å². The van der Waals surface area contributed by atoms with Crippen LogP contribution in [0.5, 0.6) is 0 Å². The minimum Gasteiger partial charge on any atom is -0.396 e. The molecule has 3 nitrogen and oxygen atoms in total. The molecule has 0 radical (unpaired) electrons. The number of nitrogens with zero attached hydrogens (tertiary/aromatic N) is 1. The Morgan fingerprint density at radius 2 is 2.10 bits per heavy atom. The standard InChI is InChI=1S/C14H19F3N2O/c15-14(16,17)13-7-12(2-1-11(13)8-18)19-5-3-10(9-19)4-6-20/h1-2,7,10,20H,3-6,8-9,18H2. The van der Waals surface area contributed by atoms with Gasteiger partial charge in [0.25, 0.3) is 0 Å². The molecule has 0 bridgehead atoms. The van der Waals surface area contributed by atoms with Crippen LogP contribution in [0.15, 0.2) is 18.2 Å². The lowest BCUT2D eigenvalue weighted by molar-refractivity contribution is -0.138. The maximum Gasteiger partial charge on any atom is 0.416 e. The van der Waals surface area contributed by atoms with Crippen LogP contribution in [0, 0.1) is 5.92 Å². The van der Waals surface area contributed by atoms with E-state index in [1.807, 2.05) is 4.90 Å². The number of hydrogen-bond donors (Lipinski definition) is 2. The molecule has 3 N–H and O–H groups in total. The predicted molar refractivity (Wildman–Crippen MR) is 71.4 cm³/mol. The highest BCUT2D eigenvalue weighted by atomic mass is 19.4. The van der Waals surface area contributed by atoms with E-state index in [2.05, 4.69) is 0 Å². The fraction of sp³-hybridized carbons (Fsp3) is 0.571. The van der Waals surface area contributed by atoms with Crippen LogP contribution in [0.1, 0.15) is 24.0 Å². The van der Waals surface area contributed by atoms with E-state index in [1.165, 1.54) is 12.1 Å². The summed E-state index contributed by atoms with van der Waals surface area (Å²) in [7, 11) is 0. The maximum atomic E-state index is 13.0. The second-order valence-electron chi connectivity index (χ2n) is 5.16. The van der Waals surface area contributed by atoms with Crippen molar-refractivity contribution < 1.29 is 18.3 Å². The number of halogens is 3. The first-order valence-corrected chi connectivity index (χ1v) is 6.71. The highest BCUT2D eigenvalue weighted by Crippen LogP contribution is 2.35. The lowest BCUT2D eigenvalue weighted by Crippen LogP contribution is -2.21. The highest BCUT2D eigenvalue weighted by Gasteiger charge is 2.34. The number of nitrogens with two attached hydrogens (primary N) is 1. The smallest absolute Gasteiger partial charge is 0.396 e. The van der Waals surface area contributed by atoms with Crippen molar-refractivity contribution in [1.82, 2.24) is 0 Å². The van der Waals surface area contributed by atoms with Crippen LogP contribution >= 0.6 is 0 Å². The summed E-state index contributed by atoms with van der Waals surface area (Å²) >= 11 is 0. The van der Waals surface area contributed by atoms with Crippen molar-refractivity contribution >= 4 is 5.69 Å². The monoisotopic (exact) mass is 288 g/mol. The Bertz CT molecular complexity index is 462.